The predicted octanol–water partition coefficient (Wildman–Crippen LogP) is 1.78. The van der Waals surface area contributed by atoms with E-state index in [4.69, 9.17) is 10.5 Å². The minimum atomic E-state index is -0.795. The monoisotopic (exact) mass is 256 g/mol. The number of carbonyl (C=O) groups is 1. The van der Waals surface area contributed by atoms with Crippen molar-refractivity contribution in [1.29, 1.82) is 0 Å². The second-order valence-corrected chi connectivity index (χ2v) is 5.48. The van der Waals surface area contributed by atoms with Crippen molar-refractivity contribution in [1.82, 2.24) is 4.90 Å². The van der Waals surface area contributed by atoms with Crippen LogP contribution < -0.4 is 5.73 Å². The molecule has 0 aliphatic heterocycles. The van der Waals surface area contributed by atoms with E-state index >= 15 is 0 Å². The molecule has 2 N–H and O–H groups in total. The van der Waals surface area contributed by atoms with Crippen molar-refractivity contribution in [3.8, 4) is 0 Å². The Balaban J connectivity index is 2.48. The SMILES string of the molecule is CCCCCN(C)CC(N)(C(=O)OCC)C1CC1. The lowest BCUT2D eigenvalue weighted by Gasteiger charge is -2.31. The summed E-state index contributed by atoms with van der Waals surface area (Å²) in [5, 5.41) is 0. The van der Waals surface area contributed by atoms with Gasteiger partial charge in [-0.25, -0.2) is 4.79 Å². The van der Waals surface area contributed by atoms with E-state index in [1.54, 1.807) is 0 Å². The van der Waals surface area contributed by atoms with Gasteiger partial charge in [0.15, 0.2) is 0 Å². The molecule has 0 aromatic rings. The van der Waals surface area contributed by atoms with Crippen molar-refractivity contribution >= 4 is 5.97 Å². The van der Waals surface area contributed by atoms with Crippen LogP contribution >= 0.6 is 0 Å². The van der Waals surface area contributed by atoms with Gasteiger partial charge in [0.05, 0.1) is 6.61 Å². The first-order valence-electron chi connectivity index (χ1n) is 7.19. The first-order chi connectivity index (χ1) is 8.54. The molecule has 1 rings (SSSR count). The highest BCUT2D eigenvalue weighted by Gasteiger charge is 2.49. The Hall–Kier alpha value is -0.610. The number of nitrogens with two attached hydrogens (primary N) is 1. The van der Waals surface area contributed by atoms with E-state index < -0.39 is 5.54 Å². The minimum absolute atomic E-state index is 0.227. The summed E-state index contributed by atoms with van der Waals surface area (Å²) in [6.45, 7) is 6.04. The third-order valence-corrected chi connectivity index (χ3v) is 3.64. The van der Waals surface area contributed by atoms with Gasteiger partial charge in [-0.05, 0) is 45.7 Å². The summed E-state index contributed by atoms with van der Waals surface area (Å²) in [6.07, 6.45) is 5.71. The summed E-state index contributed by atoms with van der Waals surface area (Å²) in [5.41, 5.74) is 5.53. The standard InChI is InChI=1S/C14H28N2O2/c1-4-6-7-10-16(3)11-14(15,12-8-9-12)13(17)18-5-2/h12H,4-11,15H2,1-3H3. The van der Waals surface area contributed by atoms with Crippen molar-refractivity contribution in [2.75, 3.05) is 26.7 Å². The zero-order valence-electron chi connectivity index (χ0n) is 12.1. The molecule has 18 heavy (non-hydrogen) atoms. The van der Waals surface area contributed by atoms with Crippen LogP contribution in [-0.2, 0) is 9.53 Å². The molecule has 0 amide bonds. The zero-order valence-corrected chi connectivity index (χ0v) is 12.1. The molecule has 0 radical (unpaired) electrons. The Morgan fingerprint density at radius 1 is 1.39 bits per heavy atom. The van der Waals surface area contributed by atoms with Gasteiger partial charge < -0.3 is 15.4 Å². The smallest absolute Gasteiger partial charge is 0.327 e. The summed E-state index contributed by atoms with van der Waals surface area (Å²) in [5.74, 6) is 0.0833. The fourth-order valence-electron chi connectivity index (χ4n) is 2.38. The van der Waals surface area contributed by atoms with Crippen LogP contribution in [0.25, 0.3) is 0 Å². The van der Waals surface area contributed by atoms with Crippen LogP contribution in [0.4, 0.5) is 0 Å². The summed E-state index contributed by atoms with van der Waals surface area (Å²) in [6, 6.07) is 0. The molecule has 1 unspecified atom stereocenters. The lowest BCUT2D eigenvalue weighted by molar-refractivity contribution is -0.151. The molecule has 1 atom stereocenters. The highest BCUT2D eigenvalue weighted by molar-refractivity contribution is 5.82. The molecule has 0 bridgehead atoms. The third kappa shape index (κ3) is 4.25. The fourth-order valence-corrected chi connectivity index (χ4v) is 2.38. The van der Waals surface area contributed by atoms with E-state index in [2.05, 4.69) is 11.8 Å². The van der Waals surface area contributed by atoms with E-state index in [0.29, 0.717) is 19.1 Å². The number of hydrogen-bond acceptors (Lipinski definition) is 4. The molecular weight excluding hydrogens is 228 g/mol. The number of rotatable bonds is 9. The van der Waals surface area contributed by atoms with Crippen molar-refractivity contribution < 1.29 is 9.53 Å². The normalized spacial score (nSPS) is 18.7. The molecular formula is C14H28N2O2. The largest absolute Gasteiger partial charge is 0.465 e. The topological polar surface area (TPSA) is 55.6 Å². The second-order valence-electron chi connectivity index (χ2n) is 5.48. The fraction of sp³-hybridized carbons (Fsp3) is 0.929. The summed E-state index contributed by atoms with van der Waals surface area (Å²) >= 11 is 0. The molecule has 0 saturated heterocycles. The first-order valence-corrected chi connectivity index (χ1v) is 7.19. The maximum Gasteiger partial charge on any atom is 0.327 e. The van der Waals surface area contributed by atoms with Crippen molar-refractivity contribution in [2.24, 2.45) is 11.7 Å². The summed E-state index contributed by atoms with van der Waals surface area (Å²) in [4.78, 5) is 14.2. The van der Waals surface area contributed by atoms with E-state index in [0.717, 1.165) is 25.8 Å². The molecule has 4 nitrogen and oxygen atoms in total. The molecule has 106 valence electrons. The Bertz CT molecular complexity index is 267. The quantitative estimate of drug-likeness (QED) is 0.505. The number of nitrogens with zero attached hydrogens (tertiary/aromatic N) is 1. The zero-order chi connectivity index (χ0) is 13.6. The Morgan fingerprint density at radius 3 is 2.56 bits per heavy atom. The number of unbranched alkanes of at least 4 members (excludes halogenated alkanes) is 2. The van der Waals surface area contributed by atoms with Crippen molar-refractivity contribution in [3.05, 3.63) is 0 Å². The van der Waals surface area contributed by atoms with Crippen LogP contribution in [-0.4, -0.2) is 43.2 Å². The van der Waals surface area contributed by atoms with E-state index in [-0.39, 0.29) is 5.97 Å². The molecule has 1 aliphatic carbocycles. The molecule has 0 aromatic heterocycles. The maximum atomic E-state index is 12.0. The van der Waals surface area contributed by atoms with E-state index in [1.165, 1.54) is 12.8 Å². The first kappa shape index (κ1) is 15.4. The predicted molar refractivity (Wildman–Crippen MR) is 73.3 cm³/mol. The Labute approximate surface area is 111 Å². The van der Waals surface area contributed by atoms with Gasteiger partial charge in [0, 0.05) is 6.54 Å². The molecule has 0 heterocycles. The molecule has 0 aromatic carbocycles. The van der Waals surface area contributed by atoms with Gasteiger partial charge in [-0.2, -0.15) is 0 Å². The van der Waals surface area contributed by atoms with Crippen molar-refractivity contribution in [2.45, 2.75) is 51.5 Å². The number of esters is 1. The number of ether oxygens (including phenoxy) is 1. The Morgan fingerprint density at radius 2 is 2.06 bits per heavy atom. The lowest BCUT2D eigenvalue weighted by atomic mass is 9.93. The van der Waals surface area contributed by atoms with Crippen LogP contribution in [0.1, 0.15) is 46.0 Å². The third-order valence-electron chi connectivity index (χ3n) is 3.64. The van der Waals surface area contributed by atoms with Crippen LogP contribution in [0.15, 0.2) is 0 Å². The van der Waals surface area contributed by atoms with Crippen LogP contribution in [0.3, 0.4) is 0 Å². The van der Waals surface area contributed by atoms with Gasteiger partial charge >= 0.3 is 5.97 Å². The van der Waals surface area contributed by atoms with Crippen molar-refractivity contribution in [3.63, 3.8) is 0 Å². The average molecular weight is 256 g/mol. The van der Waals surface area contributed by atoms with Crippen LogP contribution in [0, 0.1) is 5.92 Å². The van der Waals surface area contributed by atoms with Crippen LogP contribution in [0.5, 0.6) is 0 Å². The van der Waals surface area contributed by atoms with E-state index in [1.807, 2.05) is 14.0 Å². The van der Waals surface area contributed by atoms with E-state index in [9.17, 15) is 4.79 Å². The highest BCUT2D eigenvalue weighted by Crippen LogP contribution is 2.39. The minimum Gasteiger partial charge on any atom is -0.465 e. The number of likely N-dealkylation sites (N-methyl/N-ethyl adjacent to an activating group) is 1. The summed E-state index contributed by atoms with van der Waals surface area (Å²) < 4.78 is 5.14. The summed E-state index contributed by atoms with van der Waals surface area (Å²) in [7, 11) is 2.04. The average Bonchev–Trinajstić information content (AvgIpc) is 3.13. The molecule has 4 heteroatoms. The van der Waals surface area contributed by atoms with Gasteiger partial charge in [-0.3, -0.25) is 0 Å². The van der Waals surface area contributed by atoms with Gasteiger partial charge in [0.1, 0.15) is 5.54 Å². The maximum absolute atomic E-state index is 12.0. The molecule has 1 fully saturated rings. The number of carbonyl (C=O) groups excluding carboxylic acids is 1. The van der Waals surface area contributed by atoms with Gasteiger partial charge in [-0.15, -0.1) is 0 Å². The number of hydrogen-bond donors (Lipinski definition) is 1. The Kier molecular flexibility index (Phi) is 6.09. The van der Waals surface area contributed by atoms with Gasteiger partial charge in [0.25, 0.3) is 0 Å². The highest BCUT2D eigenvalue weighted by atomic mass is 16.5. The molecule has 1 aliphatic rings. The van der Waals surface area contributed by atoms with Gasteiger partial charge in [-0.1, -0.05) is 19.8 Å². The molecule has 1 saturated carbocycles. The lowest BCUT2D eigenvalue weighted by Crippen LogP contribution is -2.58. The van der Waals surface area contributed by atoms with Crippen LogP contribution in [0.2, 0.25) is 0 Å². The second kappa shape index (κ2) is 7.10. The molecule has 0 spiro atoms. The van der Waals surface area contributed by atoms with Gasteiger partial charge in [0.2, 0.25) is 0 Å².